The van der Waals surface area contributed by atoms with Gasteiger partial charge in [-0.3, -0.25) is 0 Å². The maximum absolute atomic E-state index is 5.65. The monoisotopic (exact) mass is 162 g/mol. The molecule has 1 rings (SSSR count). The van der Waals surface area contributed by atoms with Gasteiger partial charge in [-0.05, 0) is 18.8 Å². The fraction of sp³-hybridized carbons (Fsp3) is 1.00. The second-order valence-electron chi connectivity index (χ2n) is 3.27. The summed E-state index contributed by atoms with van der Waals surface area (Å²) in [5.41, 5.74) is 0. The van der Waals surface area contributed by atoms with Crippen LogP contribution in [-0.2, 0) is 4.74 Å². The van der Waals surface area contributed by atoms with E-state index in [1.165, 1.54) is 6.42 Å². The van der Waals surface area contributed by atoms with Gasteiger partial charge in [0.15, 0.2) is 0 Å². The Morgan fingerprint density at radius 2 is 2.20 bits per heavy atom. The van der Waals surface area contributed by atoms with Crippen LogP contribution in [0.3, 0.4) is 0 Å². The molecule has 0 unspecified atom stereocenters. The predicted molar refractivity (Wildman–Crippen MR) is 43.5 cm³/mol. The average Bonchev–Trinajstić information content (AvgIpc) is 2.34. The van der Waals surface area contributed by atoms with Gasteiger partial charge in [0.2, 0.25) is 0 Å². The minimum atomic E-state index is 0.328. The van der Waals surface area contributed by atoms with Crippen molar-refractivity contribution in [1.82, 2.24) is 0 Å². The van der Waals surface area contributed by atoms with Gasteiger partial charge < -0.3 is 4.74 Å². The van der Waals surface area contributed by atoms with Crippen molar-refractivity contribution in [2.75, 3.05) is 5.88 Å². The highest BCUT2D eigenvalue weighted by molar-refractivity contribution is 6.18. The molecule has 2 atom stereocenters. The van der Waals surface area contributed by atoms with E-state index >= 15 is 0 Å². The van der Waals surface area contributed by atoms with E-state index < -0.39 is 0 Å². The van der Waals surface area contributed by atoms with E-state index in [-0.39, 0.29) is 0 Å². The van der Waals surface area contributed by atoms with E-state index in [0.717, 1.165) is 6.42 Å². The zero-order valence-corrected chi connectivity index (χ0v) is 7.40. The zero-order chi connectivity index (χ0) is 7.56. The summed E-state index contributed by atoms with van der Waals surface area (Å²) >= 11 is 5.65. The Balaban J connectivity index is 2.28. The van der Waals surface area contributed by atoms with Crippen LogP contribution in [0, 0.1) is 5.92 Å². The van der Waals surface area contributed by atoms with Gasteiger partial charge in [0.25, 0.3) is 0 Å². The van der Waals surface area contributed by atoms with Crippen LogP contribution >= 0.6 is 11.6 Å². The highest BCUT2D eigenvalue weighted by atomic mass is 35.5. The lowest BCUT2D eigenvalue weighted by Gasteiger charge is -2.14. The molecule has 0 N–H and O–H groups in total. The molecule has 0 aromatic rings. The van der Waals surface area contributed by atoms with Crippen molar-refractivity contribution < 1.29 is 4.74 Å². The van der Waals surface area contributed by atoms with Crippen LogP contribution in [0.2, 0.25) is 0 Å². The van der Waals surface area contributed by atoms with Crippen molar-refractivity contribution in [2.45, 2.75) is 38.9 Å². The lowest BCUT2D eigenvalue weighted by atomic mass is 10.0. The lowest BCUT2D eigenvalue weighted by molar-refractivity contribution is 0.0305. The SMILES string of the molecule is CC(C)[C@@H]1CC[C@@H](CCl)O1. The van der Waals surface area contributed by atoms with Gasteiger partial charge in [-0.2, -0.15) is 0 Å². The van der Waals surface area contributed by atoms with Crippen molar-refractivity contribution in [2.24, 2.45) is 5.92 Å². The highest BCUT2D eigenvalue weighted by Gasteiger charge is 2.26. The first-order chi connectivity index (χ1) is 4.74. The van der Waals surface area contributed by atoms with E-state index in [4.69, 9.17) is 16.3 Å². The summed E-state index contributed by atoms with van der Waals surface area (Å²) in [6, 6.07) is 0. The fourth-order valence-electron chi connectivity index (χ4n) is 1.34. The molecule has 1 aliphatic heterocycles. The number of hydrogen-bond acceptors (Lipinski definition) is 1. The van der Waals surface area contributed by atoms with Gasteiger partial charge in [0, 0.05) is 5.88 Å². The van der Waals surface area contributed by atoms with Crippen molar-refractivity contribution in [1.29, 1.82) is 0 Å². The molecule has 0 bridgehead atoms. The Morgan fingerprint density at radius 3 is 2.50 bits per heavy atom. The Bertz CT molecular complexity index is 103. The first-order valence-corrected chi connectivity index (χ1v) is 4.49. The Hall–Kier alpha value is 0.250. The minimum absolute atomic E-state index is 0.328. The number of halogens is 1. The van der Waals surface area contributed by atoms with Gasteiger partial charge in [0.1, 0.15) is 0 Å². The number of rotatable bonds is 2. The second-order valence-corrected chi connectivity index (χ2v) is 3.58. The van der Waals surface area contributed by atoms with Crippen molar-refractivity contribution >= 4 is 11.6 Å². The smallest absolute Gasteiger partial charge is 0.0715 e. The molecule has 1 saturated heterocycles. The van der Waals surface area contributed by atoms with Gasteiger partial charge in [-0.25, -0.2) is 0 Å². The third kappa shape index (κ3) is 1.86. The predicted octanol–water partition coefficient (Wildman–Crippen LogP) is 2.43. The Kier molecular flexibility index (Phi) is 2.99. The maximum Gasteiger partial charge on any atom is 0.0715 e. The summed E-state index contributed by atoms with van der Waals surface area (Å²) in [5.74, 6) is 1.30. The van der Waals surface area contributed by atoms with Crippen LogP contribution in [0.15, 0.2) is 0 Å². The summed E-state index contributed by atoms with van der Waals surface area (Å²) in [4.78, 5) is 0. The van der Waals surface area contributed by atoms with Crippen LogP contribution in [0.5, 0.6) is 0 Å². The number of alkyl halides is 1. The largest absolute Gasteiger partial charge is 0.373 e. The molecule has 0 radical (unpaired) electrons. The number of hydrogen-bond donors (Lipinski definition) is 0. The Labute approximate surface area is 67.7 Å². The van der Waals surface area contributed by atoms with E-state index in [2.05, 4.69) is 13.8 Å². The zero-order valence-electron chi connectivity index (χ0n) is 6.64. The molecule has 1 heterocycles. The van der Waals surface area contributed by atoms with Crippen LogP contribution in [0.1, 0.15) is 26.7 Å². The molecule has 60 valence electrons. The molecular formula is C8H15ClO. The molecular weight excluding hydrogens is 148 g/mol. The molecule has 1 nitrogen and oxygen atoms in total. The van der Waals surface area contributed by atoms with E-state index in [1.807, 2.05) is 0 Å². The fourth-order valence-corrected chi connectivity index (χ4v) is 1.56. The normalized spacial score (nSPS) is 33.6. The molecule has 0 aliphatic carbocycles. The number of ether oxygens (including phenoxy) is 1. The highest BCUT2D eigenvalue weighted by Crippen LogP contribution is 2.25. The lowest BCUT2D eigenvalue weighted by Crippen LogP contribution is -2.17. The summed E-state index contributed by atoms with van der Waals surface area (Å²) in [5, 5.41) is 0. The third-order valence-corrected chi connectivity index (χ3v) is 2.40. The topological polar surface area (TPSA) is 9.23 Å². The Morgan fingerprint density at radius 1 is 1.50 bits per heavy atom. The van der Waals surface area contributed by atoms with Crippen molar-refractivity contribution in [3.05, 3.63) is 0 Å². The summed E-state index contributed by atoms with van der Waals surface area (Å²) in [6.45, 7) is 4.39. The average molecular weight is 163 g/mol. The standard InChI is InChI=1S/C8H15ClO/c1-6(2)8-4-3-7(5-9)10-8/h6-8H,3-5H2,1-2H3/t7-,8-/m0/s1. The van der Waals surface area contributed by atoms with Crippen molar-refractivity contribution in [3.63, 3.8) is 0 Å². The maximum atomic E-state index is 5.65. The molecule has 0 aromatic heterocycles. The third-order valence-electron chi connectivity index (χ3n) is 2.06. The molecule has 1 fully saturated rings. The minimum Gasteiger partial charge on any atom is -0.373 e. The van der Waals surface area contributed by atoms with Crippen LogP contribution in [-0.4, -0.2) is 18.1 Å². The van der Waals surface area contributed by atoms with Crippen LogP contribution < -0.4 is 0 Å². The van der Waals surface area contributed by atoms with Crippen LogP contribution in [0.25, 0.3) is 0 Å². The molecule has 0 spiro atoms. The first-order valence-electron chi connectivity index (χ1n) is 3.95. The van der Waals surface area contributed by atoms with E-state index in [9.17, 15) is 0 Å². The quantitative estimate of drug-likeness (QED) is 0.567. The van der Waals surface area contributed by atoms with Gasteiger partial charge >= 0.3 is 0 Å². The van der Waals surface area contributed by atoms with Gasteiger partial charge in [-0.1, -0.05) is 13.8 Å². The molecule has 1 aliphatic rings. The molecule has 0 saturated carbocycles. The summed E-state index contributed by atoms with van der Waals surface area (Å²) in [7, 11) is 0. The van der Waals surface area contributed by atoms with E-state index in [0.29, 0.717) is 24.0 Å². The molecule has 2 heteroatoms. The van der Waals surface area contributed by atoms with Gasteiger partial charge in [0.05, 0.1) is 12.2 Å². The first kappa shape index (κ1) is 8.35. The molecule has 10 heavy (non-hydrogen) atoms. The second kappa shape index (κ2) is 3.59. The summed E-state index contributed by atoms with van der Waals surface area (Å²) in [6.07, 6.45) is 3.12. The molecule has 0 amide bonds. The van der Waals surface area contributed by atoms with Crippen LogP contribution in [0.4, 0.5) is 0 Å². The van der Waals surface area contributed by atoms with Crippen molar-refractivity contribution in [3.8, 4) is 0 Å². The van der Waals surface area contributed by atoms with E-state index in [1.54, 1.807) is 0 Å². The summed E-state index contributed by atoms with van der Waals surface area (Å²) < 4.78 is 5.64. The molecule has 0 aromatic carbocycles. The van der Waals surface area contributed by atoms with Gasteiger partial charge in [-0.15, -0.1) is 11.6 Å².